The lowest BCUT2D eigenvalue weighted by atomic mass is 9.91. The first-order valence-electron chi connectivity index (χ1n) is 18.7. The van der Waals surface area contributed by atoms with E-state index in [4.69, 9.17) is 14.5 Å². The molecule has 2 aromatic heterocycles. The molecule has 2 aromatic carbocycles. The molecule has 4 aromatic rings. The van der Waals surface area contributed by atoms with Gasteiger partial charge in [0.15, 0.2) is 5.78 Å². The molecule has 3 atom stereocenters. The molecule has 2 aliphatic heterocycles. The maximum Gasteiger partial charge on any atom is 0.410 e. The Kier molecular flexibility index (Phi) is 11.7. The number of Topliss-reactive ketones (excluding diaryl/α,β-unsaturated/α-hetero) is 2. The molecule has 12 nitrogen and oxygen atoms in total. The highest BCUT2D eigenvalue weighted by Crippen LogP contribution is 2.36. The van der Waals surface area contributed by atoms with Crippen LogP contribution in [0, 0.1) is 11.8 Å². The standard InChI is InChI=1S/C41H49N5O7S/c1-24(2)29(22-36(49)52-6)39(50)45-17-8-10-33(45)37-42-23-31(43-37)26-12-14-27(15-13-26)38-44-30-16-11-25(20-35(30)54-38)19-28(47)21-34(48)32-9-7-18-46(32)40(51)53-41(3,4)5/h11-16,20,23-24,29,32-33H,7-10,17-19,21-22H2,1-6H3,(H,42,43)/t29-,32-,33-/m0/s1. The molecular weight excluding hydrogens is 707 g/mol. The molecule has 2 saturated heterocycles. The largest absolute Gasteiger partial charge is 0.469 e. The summed E-state index contributed by atoms with van der Waals surface area (Å²) in [5, 5.41) is 0.843. The number of ether oxygens (including phenoxy) is 2. The predicted octanol–water partition coefficient (Wildman–Crippen LogP) is 7.32. The van der Waals surface area contributed by atoms with Crippen LogP contribution < -0.4 is 0 Å². The van der Waals surface area contributed by atoms with Gasteiger partial charge in [0.2, 0.25) is 5.91 Å². The van der Waals surface area contributed by atoms with E-state index in [2.05, 4.69) is 9.97 Å². The number of nitrogens with one attached hydrogen (secondary N) is 1. The Labute approximate surface area is 319 Å². The summed E-state index contributed by atoms with van der Waals surface area (Å²) in [7, 11) is 1.34. The second kappa shape index (κ2) is 16.2. The monoisotopic (exact) mass is 755 g/mol. The van der Waals surface area contributed by atoms with E-state index < -0.39 is 23.7 Å². The molecule has 54 heavy (non-hydrogen) atoms. The van der Waals surface area contributed by atoms with Crippen LogP contribution in [0.5, 0.6) is 0 Å². The van der Waals surface area contributed by atoms with Crippen molar-refractivity contribution in [3.63, 3.8) is 0 Å². The van der Waals surface area contributed by atoms with Crippen molar-refractivity contribution in [1.29, 1.82) is 0 Å². The molecule has 0 radical (unpaired) electrons. The molecule has 0 bridgehead atoms. The number of benzene rings is 2. The van der Waals surface area contributed by atoms with Crippen molar-refractivity contribution in [1.82, 2.24) is 24.8 Å². The topological polar surface area (TPSA) is 152 Å². The first-order chi connectivity index (χ1) is 25.7. The molecule has 6 rings (SSSR count). The van der Waals surface area contributed by atoms with Crippen molar-refractivity contribution >= 4 is 51.1 Å². The third-order valence-corrected chi connectivity index (χ3v) is 11.2. The van der Waals surface area contributed by atoms with E-state index in [1.807, 2.05) is 61.2 Å². The summed E-state index contributed by atoms with van der Waals surface area (Å²) in [4.78, 5) is 80.6. The normalized spacial score (nSPS) is 18.0. The van der Waals surface area contributed by atoms with Crippen LogP contribution in [-0.2, 0) is 35.1 Å². The number of methoxy groups -OCH3 is 1. The molecule has 2 aliphatic rings. The maximum atomic E-state index is 13.6. The first-order valence-corrected chi connectivity index (χ1v) is 19.5. The van der Waals surface area contributed by atoms with Gasteiger partial charge < -0.3 is 19.4 Å². The number of thiazole rings is 1. The maximum absolute atomic E-state index is 13.6. The number of esters is 1. The highest BCUT2D eigenvalue weighted by Gasteiger charge is 2.38. The summed E-state index contributed by atoms with van der Waals surface area (Å²) in [5.74, 6) is -0.595. The van der Waals surface area contributed by atoms with Gasteiger partial charge in [-0.05, 0) is 75.6 Å². The van der Waals surface area contributed by atoms with Gasteiger partial charge in [-0.1, -0.05) is 44.2 Å². The third kappa shape index (κ3) is 8.89. The number of hydrogen-bond donors (Lipinski definition) is 1. The lowest BCUT2D eigenvalue weighted by Crippen LogP contribution is -2.43. The Hall–Kier alpha value is -4.91. The van der Waals surface area contributed by atoms with E-state index in [1.165, 1.54) is 23.3 Å². The minimum atomic E-state index is -0.663. The van der Waals surface area contributed by atoms with Crippen LogP contribution in [0.4, 0.5) is 4.79 Å². The van der Waals surface area contributed by atoms with Crippen LogP contribution in [0.1, 0.15) is 90.6 Å². The van der Waals surface area contributed by atoms with Gasteiger partial charge in [0.1, 0.15) is 22.2 Å². The van der Waals surface area contributed by atoms with Gasteiger partial charge in [-0.25, -0.2) is 14.8 Å². The highest BCUT2D eigenvalue weighted by atomic mass is 32.1. The summed E-state index contributed by atoms with van der Waals surface area (Å²) >= 11 is 1.53. The SMILES string of the molecule is COC(=O)C[C@H](C(=O)N1CCC[C@H]1c1ncc(-c2ccc(-c3nc4ccc(CC(=O)CC(=O)[C@@H]5CCCN5C(=O)OC(C)(C)C)cc4s3)cc2)[nH]1)C(C)C. The lowest BCUT2D eigenvalue weighted by Gasteiger charge is -2.29. The van der Waals surface area contributed by atoms with Crippen molar-refractivity contribution in [2.45, 2.75) is 97.2 Å². The fraction of sp³-hybridized carbons (Fsp3) is 0.488. The van der Waals surface area contributed by atoms with Gasteiger partial charge in [-0.15, -0.1) is 11.3 Å². The summed E-state index contributed by atoms with van der Waals surface area (Å²) < 4.78 is 11.3. The van der Waals surface area contributed by atoms with Crippen molar-refractivity contribution in [2.75, 3.05) is 20.2 Å². The number of aromatic amines is 1. The summed E-state index contributed by atoms with van der Waals surface area (Å²) in [6.45, 7) is 10.3. The number of ketones is 2. The average Bonchev–Trinajstić information content (AvgIpc) is 3.95. The van der Waals surface area contributed by atoms with Crippen molar-refractivity contribution < 1.29 is 33.4 Å². The summed E-state index contributed by atoms with van der Waals surface area (Å²) in [6, 6.07) is 13.0. The van der Waals surface area contributed by atoms with E-state index >= 15 is 0 Å². The molecule has 0 saturated carbocycles. The number of carbonyl (C=O) groups excluding carboxylic acids is 5. The zero-order chi connectivity index (χ0) is 38.7. The van der Waals surface area contributed by atoms with Crippen LogP contribution in [0.25, 0.3) is 32.0 Å². The van der Waals surface area contributed by atoms with Gasteiger partial charge in [-0.2, -0.15) is 0 Å². The number of likely N-dealkylation sites (tertiary alicyclic amines) is 2. The zero-order valence-electron chi connectivity index (χ0n) is 31.8. The van der Waals surface area contributed by atoms with Crippen molar-refractivity contribution in [2.24, 2.45) is 11.8 Å². The van der Waals surface area contributed by atoms with E-state index in [0.717, 1.165) is 56.3 Å². The van der Waals surface area contributed by atoms with Gasteiger partial charge in [0.25, 0.3) is 0 Å². The Bertz CT molecular complexity index is 2030. The number of amides is 2. The number of hydrogen-bond acceptors (Lipinski definition) is 10. The van der Waals surface area contributed by atoms with E-state index in [1.54, 1.807) is 27.0 Å². The fourth-order valence-corrected chi connectivity index (χ4v) is 8.32. The molecule has 4 heterocycles. The van der Waals surface area contributed by atoms with Crippen LogP contribution in [-0.4, -0.2) is 86.1 Å². The molecule has 0 spiro atoms. The molecule has 13 heteroatoms. The second-order valence-electron chi connectivity index (χ2n) is 15.6. The van der Waals surface area contributed by atoms with Crippen molar-refractivity contribution in [3.8, 4) is 21.8 Å². The highest BCUT2D eigenvalue weighted by molar-refractivity contribution is 7.21. The van der Waals surface area contributed by atoms with E-state index in [0.29, 0.717) is 25.9 Å². The number of imidazole rings is 1. The van der Waals surface area contributed by atoms with Crippen LogP contribution in [0.15, 0.2) is 48.7 Å². The Morgan fingerprint density at radius 1 is 0.963 bits per heavy atom. The van der Waals surface area contributed by atoms with Gasteiger partial charge >= 0.3 is 12.1 Å². The Morgan fingerprint density at radius 3 is 2.37 bits per heavy atom. The molecule has 286 valence electrons. The molecule has 2 amide bonds. The smallest absolute Gasteiger partial charge is 0.410 e. The second-order valence-corrected chi connectivity index (χ2v) is 16.6. The summed E-state index contributed by atoms with van der Waals surface area (Å²) in [5.41, 5.74) is 3.71. The van der Waals surface area contributed by atoms with Crippen molar-refractivity contribution in [3.05, 3.63) is 60.0 Å². The zero-order valence-corrected chi connectivity index (χ0v) is 32.7. The molecular formula is C41H49N5O7S. The van der Waals surface area contributed by atoms with Gasteiger partial charge in [-0.3, -0.25) is 24.1 Å². The lowest BCUT2D eigenvalue weighted by molar-refractivity contribution is -0.148. The number of carbonyl (C=O) groups is 5. The van der Waals surface area contributed by atoms with E-state index in [9.17, 15) is 24.0 Å². The predicted molar refractivity (Wildman–Crippen MR) is 206 cm³/mol. The van der Waals surface area contributed by atoms with Crippen LogP contribution >= 0.6 is 11.3 Å². The van der Waals surface area contributed by atoms with Crippen LogP contribution in [0.3, 0.4) is 0 Å². The number of H-pyrrole nitrogens is 1. The summed E-state index contributed by atoms with van der Waals surface area (Å²) in [6.07, 6.45) is 4.11. The Balaban J connectivity index is 1.08. The molecule has 0 unspecified atom stereocenters. The number of aromatic nitrogens is 3. The molecule has 0 aliphatic carbocycles. The minimum absolute atomic E-state index is 0.00452. The number of rotatable bonds is 12. The van der Waals surface area contributed by atoms with Gasteiger partial charge in [0.05, 0.1) is 60.1 Å². The Morgan fingerprint density at radius 2 is 1.67 bits per heavy atom. The fourth-order valence-electron chi connectivity index (χ4n) is 7.29. The van der Waals surface area contributed by atoms with Gasteiger partial charge in [0, 0.05) is 25.1 Å². The third-order valence-electron chi connectivity index (χ3n) is 10.1. The minimum Gasteiger partial charge on any atom is -0.469 e. The van der Waals surface area contributed by atoms with E-state index in [-0.39, 0.29) is 54.7 Å². The first kappa shape index (κ1) is 38.8. The average molecular weight is 756 g/mol. The van der Waals surface area contributed by atoms with Crippen LogP contribution in [0.2, 0.25) is 0 Å². The number of nitrogens with zero attached hydrogens (tertiary/aromatic N) is 4. The quantitative estimate of drug-likeness (QED) is 0.116. The molecule has 1 N–H and O–H groups in total. The number of fused-ring (bicyclic) bond motifs is 1. The molecule has 2 fully saturated rings.